The van der Waals surface area contributed by atoms with E-state index in [0.29, 0.717) is 10.4 Å². The molecule has 5 nitrogen and oxygen atoms in total. The van der Waals surface area contributed by atoms with Gasteiger partial charge < -0.3 is 4.74 Å². The molecular weight excluding hydrogens is 358 g/mol. The first kappa shape index (κ1) is 16.5. The van der Waals surface area contributed by atoms with Crippen LogP contribution >= 0.6 is 15.9 Å². The molecule has 1 aliphatic rings. The van der Waals surface area contributed by atoms with E-state index in [1.54, 1.807) is 0 Å². The Morgan fingerprint density at radius 3 is 2.57 bits per heavy atom. The summed E-state index contributed by atoms with van der Waals surface area (Å²) in [5.74, 6) is -0.187. The van der Waals surface area contributed by atoms with Crippen molar-refractivity contribution in [2.24, 2.45) is 11.1 Å². The third-order valence-corrected chi connectivity index (χ3v) is 5.08. The van der Waals surface area contributed by atoms with E-state index in [4.69, 9.17) is 9.88 Å². The lowest BCUT2D eigenvalue weighted by molar-refractivity contribution is 0.00478. The third-order valence-electron chi connectivity index (χ3n) is 3.73. The van der Waals surface area contributed by atoms with Gasteiger partial charge in [0.25, 0.3) is 0 Å². The molecule has 1 fully saturated rings. The molecule has 116 valence electrons. The highest BCUT2D eigenvalue weighted by Crippen LogP contribution is 2.27. The molecule has 0 radical (unpaired) electrons. The van der Waals surface area contributed by atoms with Crippen molar-refractivity contribution in [2.75, 3.05) is 0 Å². The maximum absolute atomic E-state index is 12.2. The van der Waals surface area contributed by atoms with E-state index in [9.17, 15) is 13.2 Å². The minimum absolute atomic E-state index is 0.108. The molecule has 0 aliphatic heterocycles. The summed E-state index contributed by atoms with van der Waals surface area (Å²) in [4.78, 5) is 12.1. The molecule has 1 aromatic carbocycles. The Hall–Kier alpha value is -0.920. The summed E-state index contributed by atoms with van der Waals surface area (Å²) in [6.45, 7) is 2.06. The lowest BCUT2D eigenvalue weighted by atomic mass is 9.88. The van der Waals surface area contributed by atoms with Crippen molar-refractivity contribution in [3.05, 3.63) is 28.2 Å². The lowest BCUT2D eigenvalue weighted by Gasteiger charge is -2.28. The van der Waals surface area contributed by atoms with E-state index < -0.39 is 16.0 Å². The van der Waals surface area contributed by atoms with Gasteiger partial charge >= 0.3 is 5.97 Å². The molecule has 2 rings (SSSR count). The van der Waals surface area contributed by atoms with Gasteiger partial charge in [-0.3, -0.25) is 0 Å². The summed E-state index contributed by atoms with van der Waals surface area (Å²) in [7, 11) is -3.86. The van der Waals surface area contributed by atoms with Crippen molar-refractivity contribution in [2.45, 2.75) is 43.6 Å². The summed E-state index contributed by atoms with van der Waals surface area (Å²) in [6.07, 6.45) is 3.98. The highest BCUT2D eigenvalue weighted by molar-refractivity contribution is 9.10. The van der Waals surface area contributed by atoms with E-state index >= 15 is 0 Å². The zero-order chi connectivity index (χ0) is 15.6. The van der Waals surface area contributed by atoms with Gasteiger partial charge in [0.15, 0.2) is 0 Å². The van der Waals surface area contributed by atoms with Crippen molar-refractivity contribution in [3.8, 4) is 0 Å². The van der Waals surface area contributed by atoms with Crippen LogP contribution in [0.25, 0.3) is 0 Å². The van der Waals surface area contributed by atoms with Gasteiger partial charge in [-0.15, -0.1) is 0 Å². The predicted octanol–water partition coefficient (Wildman–Crippen LogP) is 2.83. The first-order chi connectivity index (χ1) is 9.77. The fourth-order valence-corrected chi connectivity index (χ4v) is 3.73. The Morgan fingerprint density at radius 1 is 1.29 bits per heavy atom. The van der Waals surface area contributed by atoms with Gasteiger partial charge in [-0.2, -0.15) is 0 Å². The van der Waals surface area contributed by atoms with E-state index in [2.05, 4.69) is 22.9 Å². The summed E-state index contributed by atoms with van der Waals surface area (Å²) in [6, 6.07) is 4.13. The Labute approximate surface area is 133 Å². The van der Waals surface area contributed by atoms with Crippen LogP contribution in [0.2, 0.25) is 0 Å². The minimum atomic E-state index is -3.86. The Bertz CT molecular complexity index is 644. The number of ether oxygens (including phenoxy) is 1. The number of hydrogen-bond donors (Lipinski definition) is 1. The molecule has 1 aromatic rings. The van der Waals surface area contributed by atoms with Crippen LogP contribution < -0.4 is 5.14 Å². The van der Waals surface area contributed by atoms with Gasteiger partial charge in [0.1, 0.15) is 6.10 Å². The van der Waals surface area contributed by atoms with E-state index in [1.165, 1.54) is 18.2 Å². The number of benzene rings is 1. The molecule has 2 N–H and O–H groups in total. The number of hydrogen-bond acceptors (Lipinski definition) is 4. The average Bonchev–Trinajstić information content (AvgIpc) is 2.39. The summed E-state index contributed by atoms with van der Waals surface area (Å²) in [5, 5.41) is 5.10. The monoisotopic (exact) mass is 375 g/mol. The number of halogens is 1. The molecule has 2 unspecified atom stereocenters. The Kier molecular flexibility index (Phi) is 5.06. The van der Waals surface area contributed by atoms with Gasteiger partial charge in [0, 0.05) is 4.47 Å². The highest BCUT2D eigenvalue weighted by atomic mass is 79.9. The van der Waals surface area contributed by atoms with Gasteiger partial charge in [0.2, 0.25) is 10.0 Å². The van der Waals surface area contributed by atoms with Crippen LogP contribution in [0.5, 0.6) is 0 Å². The molecule has 0 saturated heterocycles. The summed E-state index contributed by atoms with van der Waals surface area (Å²) in [5.41, 5.74) is 0.186. The van der Waals surface area contributed by atoms with E-state index in [-0.39, 0.29) is 16.6 Å². The van der Waals surface area contributed by atoms with Crippen molar-refractivity contribution in [3.63, 3.8) is 0 Å². The number of carbonyl (C=O) groups excluding carboxylic acids is 1. The number of sulfonamides is 1. The zero-order valence-electron chi connectivity index (χ0n) is 11.7. The number of carbonyl (C=O) groups is 1. The van der Waals surface area contributed by atoms with Crippen LogP contribution in [0.15, 0.2) is 27.6 Å². The largest absolute Gasteiger partial charge is 0.458 e. The molecule has 7 heteroatoms. The molecule has 1 saturated carbocycles. The lowest BCUT2D eigenvalue weighted by Crippen LogP contribution is -2.28. The molecule has 0 heterocycles. The van der Waals surface area contributed by atoms with Crippen LogP contribution in [0.1, 0.15) is 43.0 Å². The Morgan fingerprint density at radius 2 is 1.95 bits per heavy atom. The SMILES string of the molecule is CC1CCCCC1OC(=O)c1cc(Br)cc(S(N)(=O)=O)c1. The van der Waals surface area contributed by atoms with Gasteiger partial charge in [-0.05, 0) is 43.4 Å². The van der Waals surface area contributed by atoms with Crippen molar-refractivity contribution in [1.82, 2.24) is 0 Å². The summed E-state index contributed by atoms with van der Waals surface area (Å²) < 4.78 is 28.8. The molecule has 21 heavy (non-hydrogen) atoms. The standard InChI is InChI=1S/C14H18BrNO4S/c1-9-4-2-3-5-13(9)20-14(17)10-6-11(15)8-12(7-10)21(16,18)19/h6-9,13H,2-5H2,1H3,(H2,16,18,19). The molecule has 0 amide bonds. The van der Waals surface area contributed by atoms with Crippen molar-refractivity contribution >= 4 is 31.9 Å². The Balaban J connectivity index is 2.21. The number of esters is 1. The van der Waals surface area contributed by atoms with Crippen molar-refractivity contribution in [1.29, 1.82) is 0 Å². The molecule has 0 spiro atoms. The predicted molar refractivity (Wildman–Crippen MR) is 82.4 cm³/mol. The fraction of sp³-hybridized carbons (Fsp3) is 0.500. The normalized spacial score (nSPS) is 22.8. The topological polar surface area (TPSA) is 86.5 Å². The van der Waals surface area contributed by atoms with Crippen LogP contribution in [0.4, 0.5) is 0 Å². The van der Waals surface area contributed by atoms with Crippen molar-refractivity contribution < 1.29 is 17.9 Å². The highest BCUT2D eigenvalue weighted by Gasteiger charge is 2.26. The summed E-state index contributed by atoms with van der Waals surface area (Å²) >= 11 is 3.18. The van der Waals surface area contributed by atoms with Gasteiger partial charge in [-0.1, -0.05) is 29.3 Å². The van der Waals surface area contributed by atoms with Gasteiger partial charge in [0.05, 0.1) is 10.5 Å². The quantitative estimate of drug-likeness (QED) is 0.822. The van der Waals surface area contributed by atoms with Crippen LogP contribution in [0.3, 0.4) is 0 Å². The van der Waals surface area contributed by atoms with Crippen LogP contribution in [0, 0.1) is 5.92 Å². The molecule has 0 bridgehead atoms. The number of primary sulfonamides is 1. The zero-order valence-corrected chi connectivity index (χ0v) is 14.1. The minimum Gasteiger partial charge on any atom is -0.458 e. The van der Waals surface area contributed by atoms with E-state index in [1.807, 2.05) is 0 Å². The molecule has 0 aromatic heterocycles. The second-order valence-corrected chi connectivity index (χ2v) is 7.90. The second-order valence-electron chi connectivity index (χ2n) is 5.43. The number of nitrogens with two attached hydrogens (primary N) is 1. The molecular formula is C14H18BrNO4S. The van der Waals surface area contributed by atoms with Gasteiger partial charge in [-0.25, -0.2) is 18.4 Å². The first-order valence-corrected chi connectivity index (χ1v) is 9.15. The third kappa shape index (κ3) is 4.28. The molecule has 2 atom stereocenters. The van der Waals surface area contributed by atoms with E-state index in [0.717, 1.165) is 25.7 Å². The maximum Gasteiger partial charge on any atom is 0.338 e. The number of rotatable bonds is 3. The van der Waals surface area contributed by atoms with Crippen LogP contribution in [-0.4, -0.2) is 20.5 Å². The second kappa shape index (κ2) is 6.46. The fourth-order valence-electron chi connectivity index (χ4n) is 2.51. The molecule has 1 aliphatic carbocycles. The smallest absolute Gasteiger partial charge is 0.338 e. The average molecular weight is 376 g/mol. The first-order valence-electron chi connectivity index (χ1n) is 6.82. The maximum atomic E-state index is 12.2. The van der Waals surface area contributed by atoms with Crippen LogP contribution in [-0.2, 0) is 14.8 Å².